The molecule has 0 amide bonds. The molecule has 0 N–H and O–H groups in total. The molecule has 2 nitrogen and oxygen atoms in total. The van der Waals surface area contributed by atoms with Crippen LogP contribution in [0, 0.1) is 0 Å². The van der Waals surface area contributed by atoms with E-state index in [1.54, 1.807) is 20.8 Å². The lowest BCUT2D eigenvalue weighted by atomic mass is 10.2. The Labute approximate surface area is 60.4 Å². The van der Waals surface area contributed by atoms with Gasteiger partial charge in [0.25, 0.3) is 0 Å². The van der Waals surface area contributed by atoms with Crippen LogP contribution in [0.2, 0.25) is 0 Å². The number of carbonyl (C=O) groups is 1. The summed E-state index contributed by atoms with van der Waals surface area (Å²) in [6.45, 7) is 6.27. The summed E-state index contributed by atoms with van der Waals surface area (Å²) in [5.41, 5.74) is -0.586. The maximum Gasteiger partial charge on any atom is 0.340 e. The average molecular weight is 148 g/mol. The number of hydrogen-bond donors (Lipinski definition) is 0. The van der Waals surface area contributed by atoms with Crippen LogP contribution >= 0.6 is 0 Å². The molecule has 0 aromatic rings. The van der Waals surface area contributed by atoms with Gasteiger partial charge in [-0.1, -0.05) is 0 Å². The van der Waals surface area contributed by atoms with E-state index < -0.39 is 17.7 Å². The lowest BCUT2D eigenvalue weighted by molar-refractivity contribution is -0.160. The molecule has 0 aliphatic carbocycles. The van der Waals surface area contributed by atoms with E-state index in [1.807, 2.05) is 0 Å². The summed E-state index contributed by atoms with van der Waals surface area (Å²) in [7, 11) is 0. The fourth-order valence-corrected chi connectivity index (χ4v) is 0.383. The Morgan fingerprint density at radius 2 is 1.90 bits per heavy atom. The van der Waals surface area contributed by atoms with Crippen molar-refractivity contribution >= 4 is 5.97 Å². The summed E-state index contributed by atoms with van der Waals surface area (Å²) in [5.74, 6) is -0.799. The molecule has 0 fully saturated rings. The van der Waals surface area contributed by atoms with Crippen LogP contribution < -0.4 is 0 Å². The van der Waals surface area contributed by atoms with Crippen molar-refractivity contribution in [2.24, 2.45) is 0 Å². The van der Waals surface area contributed by atoms with Crippen molar-refractivity contribution in [2.75, 3.05) is 0 Å². The maximum absolute atomic E-state index is 12.2. The van der Waals surface area contributed by atoms with E-state index in [0.29, 0.717) is 0 Å². The second kappa shape index (κ2) is 2.99. The quantitative estimate of drug-likeness (QED) is 0.529. The summed E-state index contributed by atoms with van der Waals surface area (Å²) in [6, 6.07) is 0. The lowest BCUT2D eigenvalue weighted by Gasteiger charge is -2.19. The first kappa shape index (κ1) is 9.40. The Hall–Kier alpha value is -0.600. The van der Waals surface area contributed by atoms with Crippen LogP contribution in [0.3, 0.4) is 0 Å². The molecule has 1 atom stereocenters. The molecule has 0 spiro atoms. The van der Waals surface area contributed by atoms with Gasteiger partial charge < -0.3 is 4.74 Å². The SMILES string of the molecule is CC(F)C(=O)OC(C)(C)C. The predicted octanol–water partition coefficient (Wildman–Crippen LogP) is 1.69. The van der Waals surface area contributed by atoms with Crippen LogP contribution in [0.5, 0.6) is 0 Å². The highest BCUT2D eigenvalue weighted by Gasteiger charge is 2.20. The molecule has 0 aliphatic rings. The Morgan fingerprint density at radius 3 is 2.00 bits per heavy atom. The smallest absolute Gasteiger partial charge is 0.340 e. The third-order valence-electron chi connectivity index (χ3n) is 0.732. The summed E-state index contributed by atoms with van der Waals surface area (Å²) < 4.78 is 16.8. The second-order valence-corrected chi connectivity index (χ2v) is 3.15. The second-order valence-electron chi connectivity index (χ2n) is 3.15. The van der Waals surface area contributed by atoms with Crippen molar-refractivity contribution in [1.29, 1.82) is 0 Å². The minimum atomic E-state index is -1.53. The van der Waals surface area contributed by atoms with Crippen LogP contribution in [0.25, 0.3) is 0 Å². The maximum atomic E-state index is 12.2. The zero-order valence-electron chi connectivity index (χ0n) is 6.77. The molecule has 0 aliphatic heterocycles. The number of carbonyl (C=O) groups excluding carboxylic acids is 1. The van der Waals surface area contributed by atoms with Crippen LogP contribution in [0.15, 0.2) is 0 Å². The lowest BCUT2D eigenvalue weighted by Crippen LogP contribution is -2.28. The third kappa shape index (κ3) is 4.30. The van der Waals surface area contributed by atoms with Crippen molar-refractivity contribution in [2.45, 2.75) is 39.5 Å². The van der Waals surface area contributed by atoms with Gasteiger partial charge in [0.15, 0.2) is 6.17 Å². The molecule has 10 heavy (non-hydrogen) atoms. The normalized spacial score (nSPS) is 14.5. The zero-order chi connectivity index (χ0) is 8.36. The van der Waals surface area contributed by atoms with Gasteiger partial charge in [-0.3, -0.25) is 0 Å². The molecule has 0 aromatic carbocycles. The fraction of sp³-hybridized carbons (Fsp3) is 0.857. The van der Waals surface area contributed by atoms with E-state index in [1.165, 1.54) is 0 Å². The number of esters is 1. The fourth-order valence-electron chi connectivity index (χ4n) is 0.383. The minimum Gasteiger partial charge on any atom is -0.458 e. The molecule has 3 heteroatoms. The molecule has 60 valence electrons. The number of alkyl halides is 1. The topological polar surface area (TPSA) is 26.3 Å². The van der Waals surface area contributed by atoms with Gasteiger partial charge in [0.1, 0.15) is 5.60 Å². The number of rotatable bonds is 1. The molecule has 1 unspecified atom stereocenters. The van der Waals surface area contributed by atoms with Crippen molar-refractivity contribution in [3.63, 3.8) is 0 Å². The van der Waals surface area contributed by atoms with Crippen LogP contribution in [0.1, 0.15) is 27.7 Å². The van der Waals surface area contributed by atoms with E-state index in [0.717, 1.165) is 6.92 Å². The van der Waals surface area contributed by atoms with Crippen molar-refractivity contribution < 1.29 is 13.9 Å². The standard InChI is InChI=1S/C7H13FO2/c1-5(8)6(9)10-7(2,3)4/h5H,1-4H3. The van der Waals surface area contributed by atoms with Gasteiger partial charge in [0.2, 0.25) is 0 Å². The highest BCUT2D eigenvalue weighted by Crippen LogP contribution is 2.08. The van der Waals surface area contributed by atoms with Gasteiger partial charge in [0, 0.05) is 0 Å². The van der Waals surface area contributed by atoms with Crippen LogP contribution in [0.4, 0.5) is 4.39 Å². The number of hydrogen-bond acceptors (Lipinski definition) is 2. The van der Waals surface area contributed by atoms with Gasteiger partial charge in [-0.2, -0.15) is 0 Å². The summed E-state index contributed by atoms with van der Waals surface area (Å²) in [6.07, 6.45) is -1.53. The van der Waals surface area contributed by atoms with Crippen molar-refractivity contribution in [3.8, 4) is 0 Å². The molecule has 0 bridgehead atoms. The van der Waals surface area contributed by atoms with E-state index >= 15 is 0 Å². The Kier molecular flexibility index (Phi) is 2.81. The Balaban J connectivity index is 3.81. The first-order valence-corrected chi connectivity index (χ1v) is 3.20. The summed E-state index contributed by atoms with van der Waals surface area (Å²) in [4.78, 5) is 10.6. The summed E-state index contributed by atoms with van der Waals surface area (Å²) in [5, 5.41) is 0. The Morgan fingerprint density at radius 1 is 1.50 bits per heavy atom. The summed E-state index contributed by atoms with van der Waals surface area (Å²) >= 11 is 0. The molecule has 0 aromatic heterocycles. The van der Waals surface area contributed by atoms with Crippen molar-refractivity contribution in [3.05, 3.63) is 0 Å². The van der Waals surface area contributed by atoms with E-state index in [4.69, 9.17) is 0 Å². The van der Waals surface area contributed by atoms with Gasteiger partial charge in [-0.15, -0.1) is 0 Å². The third-order valence-corrected chi connectivity index (χ3v) is 0.732. The molecular formula is C7H13FO2. The predicted molar refractivity (Wildman–Crippen MR) is 36.4 cm³/mol. The van der Waals surface area contributed by atoms with E-state index in [2.05, 4.69) is 4.74 Å². The molecule has 0 saturated carbocycles. The average Bonchev–Trinajstić information content (AvgIpc) is 1.60. The highest BCUT2D eigenvalue weighted by molar-refractivity contribution is 5.74. The molecule has 0 radical (unpaired) electrons. The van der Waals surface area contributed by atoms with Gasteiger partial charge in [0.05, 0.1) is 0 Å². The van der Waals surface area contributed by atoms with Gasteiger partial charge in [-0.25, -0.2) is 9.18 Å². The first-order valence-electron chi connectivity index (χ1n) is 3.20. The number of halogens is 1. The van der Waals surface area contributed by atoms with Gasteiger partial charge in [-0.05, 0) is 27.7 Å². The first-order chi connectivity index (χ1) is 4.33. The van der Waals surface area contributed by atoms with E-state index in [9.17, 15) is 9.18 Å². The highest BCUT2D eigenvalue weighted by atomic mass is 19.1. The van der Waals surface area contributed by atoms with Crippen LogP contribution in [-0.2, 0) is 9.53 Å². The van der Waals surface area contributed by atoms with Crippen LogP contribution in [-0.4, -0.2) is 17.7 Å². The molecule has 0 heterocycles. The number of ether oxygens (including phenoxy) is 1. The molecule has 0 rings (SSSR count). The largest absolute Gasteiger partial charge is 0.458 e. The Bertz CT molecular complexity index is 124. The minimum absolute atomic E-state index is 0.586. The van der Waals surface area contributed by atoms with Crippen molar-refractivity contribution in [1.82, 2.24) is 0 Å². The molecule has 0 saturated heterocycles. The zero-order valence-corrected chi connectivity index (χ0v) is 6.77. The monoisotopic (exact) mass is 148 g/mol. The molecular weight excluding hydrogens is 135 g/mol. The van der Waals surface area contributed by atoms with E-state index in [-0.39, 0.29) is 0 Å². The van der Waals surface area contributed by atoms with Gasteiger partial charge >= 0.3 is 5.97 Å².